The minimum atomic E-state index is -2.40. The Labute approximate surface area is 299 Å². The highest BCUT2D eigenvalue weighted by Crippen LogP contribution is 2.44. The van der Waals surface area contributed by atoms with Crippen LogP contribution >= 0.6 is 11.3 Å². The first-order chi connectivity index (χ1) is 21.7. The molecule has 48 heavy (non-hydrogen) atoms. The van der Waals surface area contributed by atoms with Crippen LogP contribution in [0.25, 0.3) is 6.08 Å². The number of allylic oxidation sites excluding steroid dienone is 2. The zero-order valence-electron chi connectivity index (χ0n) is 33.3. The van der Waals surface area contributed by atoms with Gasteiger partial charge in [0.15, 0.2) is 16.6 Å². The van der Waals surface area contributed by atoms with Crippen molar-refractivity contribution in [1.29, 1.82) is 0 Å². The summed E-state index contributed by atoms with van der Waals surface area (Å²) >= 11 is 1.60. The van der Waals surface area contributed by atoms with E-state index in [9.17, 15) is 9.59 Å². The summed E-state index contributed by atoms with van der Waals surface area (Å²) in [6, 6.07) is 0. The van der Waals surface area contributed by atoms with E-state index in [0.29, 0.717) is 6.42 Å². The minimum Gasteiger partial charge on any atom is -0.457 e. The van der Waals surface area contributed by atoms with E-state index in [2.05, 4.69) is 105 Å². The highest BCUT2D eigenvalue weighted by atomic mass is 32.1. The number of carbonyl (C=O) groups is 2. The van der Waals surface area contributed by atoms with E-state index in [1.54, 1.807) is 11.3 Å². The number of nitrogens with zero attached hydrogens (tertiary/aromatic N) is 1. The van der Waals surface area contributed by atoms with Crippen LogP contribution in [-0.2, 0) is 23.2 Å². The average molecular weight is 718 g/mol. The molecule has 6 nitrogen and oxygen atoms in total. The van der Waals surface area contributed by atoms with E-state index in [1.807, 2.05) is 46.1 Å². The minimum absolute atomic E-state index is 0.0104. The number of aromatic nitrogens is 1. The lowest BCUT2D eigenvalue weighted by Crippen LogP contribution is -2.54. The lowest BCUT2D eigenvalue weighted by Gasteiger charge is -2.46. The van der Waals surface area contributed by atoms with Crippen LogP contribution < -0.4 is 0 Å². The molecule has 1 aromatic heterocycles. The third-order valence-electron chi connectivity index (χ3n) is 11.0. The van der Waals surface area contributed by atoms with E-state index in [1.165, 1.54) is 0 Å². The maximum atomic E-state index is 14.8. The summed E-state index contributed by atoms with van der Waals surface area (Å²) in [6.07, 6.45) is 8.48. The first-order valence-electron chi connectivity index (χ1n) is 17.7. The second-order valence-electron chi connectivity index (χ2n) is 17.7. The lowest BCUT2D eigenvalue weighted by molar-refractivity contribution is -0.153. The normalized spacial score (nSPS) is 28.1. The summed E-state index contributed by atoms with van der Waals surface area (Å²) < 4.78 is 20.4. The van der Waals surface area contributed by atoms with Gasteiger partial charge in [0.1, 0.15) is 11.9 Å². The van der Waals surface area contributed by atoms with Crippen LogP contribution in [0.4, 0.5) is 0 Å². The number of Topliss-reactive ketones (excluding diaryl/α,β-unsaturated/α-hetero) is 1. The SMILES string of the molecule is C/C1=C/C/C=C/[C@H](C)C(O[Si](C)(C)C(C)(C)C)[C@@H](C)C(=O)C(C)(C)[C@@H](O[Si](C)(C)C(C)(C)C)CC(=O)O[C@H](/C(C)=C/c2csc(C)n2)C1. The molecule has 2 heterocycles. The number of hydrogen-bond donors (Lipinski definition) is 0. The number of esters is 1. The van der Waals surface area contributed by atoms with Gasteiger partial charge in [0.2, 0.25) is 0 Å². The molecule has 9 heteroatoms. The van der Waals surface area contributed by atoms with Crippen LogP contribution in [0, 0.1) is 24.2 Å². The van der Waals surface area contributed by atoms with E-state index < -0.39 is 40.2 Å². The fourth-order valence-electron chi connectivity index (χ4n) is 5.53. The Morgan fingerprint density at radius 2 is 1.54 bits per heavy atom. The van der Waals surface area contributed by atoms with Gasteiger partial charge in [-0.15, -0.1) is 11.3 Å². The van der Waals surface area contributed by atoms with Crippen molar-refractivity contribution >= 4 is 45.8 Å². The van der Waals surface area contributed by atoms with Gasteiger partial charge >= 0.3 is 5.97 Å². The molecule has 0 radical (unpaired) electrons. The van der Waals surface area contributed by atoms with Gasteiger partial charge in [0.25, 0.3) is 0 Å². The number of ether oxygens (including phenoxy) is 1. The Bertz CT molecular complexity index is 1360. The first-order valence-corrected chi connectivity index (χ1v) is 24.4. The molecule has 0 bridgehead atoms. The Morgan fingerprint density at radius 3 is 2.06 bits per heavy atom. The molecule has 1 unspecified atom stereocenters. The second kappa shape index (κ2) is 16.1. The van der Waals surface area contributed by atoms with E-state index in [4.69, 9.17) is 13.6 Å². The Balaban J connectivity index is 2.70. The molecule has 1 aliphatic heterocycles. The predicted octanol–water partition coefficient (Wildman–Crippen LogP) is 11.1. The Hall–Kier alpha value is -1.66. The van der Waals surface area contributed by atoms with Crippen molar-refractivity contribution in [2.24, 2.45) is 17.3 Å². The van der Waals surface area contributed by atoms with Crippen molar-refractivity contribution in [2.45, 2.75) is 164 Å². The molecule has 0 N–H and O–H groups in total. The van der Waals surface area contributed by atoms with Gasteiger partial charge in [-0.1, -0.05) is 93.0 Å². The van der Waals surface area contributed by atoms with Gasteiger partial charge in [-0.2, -0.15) is 0 Å². The van der Waals surface area contributed by atoms with Crippen molar-refractivity contribution < 1.29 is 23.2 Å². The zero-order valence-corrected chi connectivity index (χ0v) is 36.1. The van der Waals surface area contributed by atoms with Crippen LogP contribution in [0.15, 0.2) is 34.8 Å². The fraction of sp³-hybridized carbons (Fsp3) is 0.718. The fourth-order valence-corrected chi connectivity index (χ4v) is 8.99. The van der Waals surface area contributed by atoms with Crippen molar-refractivity contribution in [1.82, 2.24) is 4.98 Å². The number of carbonyl (C=O) groups excluding carboxylic acids is 2. The average Bonchev–Trinajstić information content (AvgIpc) is 3.34. The maximum absolute atomic E-state index is 14.8. The van der Waals surface area contributed by atoms with E-state index in [0.717, 1.165) is 28.3 Å². The van der Waals surface area contributed by atoms with Crippen molar-refractivity contribution in [3.05, 3.63) is 45.5 Å². The second-order valence-corrected chi connectivity index (χ2v) is 28.3. The molecule has 272 valence electrons. The van der Waals surface area contributed by atoms with Crippen LogP contribution in [0.3, 0.4) is 0 Å². The third-order valence-corrected chi connectivity index (χ3v) is 20.8. The molecular weight excluding hydrogens is 651 g/mol. The van der Waals surface area contributed by atoms with Crippen LogP contribution in [0.2, 0.25) is 36.3 Å². The number of thiazole rings is 1. The smallest absolute Gasteiger partial charge is 0.309 e. The lowest BCUT2D eigenvalue weighted by atomic mass is 9.73. The van der Waals surface area contributed by atoms with Crippen molar-refractivity contribution in [3.8, 4) is 0 Å². The molecule has 1 aromatic rings. The zero-order chi connectivity index (χ0) is 37.0. The molecule has 0 saturated carbocycles. The quantitative estimate of drug-likeness (QED) is 0.166. The van der Waals surface area contributed by atoms with Gasteiger partial charge < -0.3 is 13.6 Å². The number of aryl methyl sites for hydroxylation is 1. The van der Waals surface area contributed by atoms with E-state index >= 15 is 0 Å². The van der Waals surface area contributed by atoms with E-state index in [-0.39, 0.29) is 40.3 Å². The largest absolute Gasteiger partial charge is 0.457 e. The molecule has 0 amide bonds. The molecule has 0 spiro atoms. The molecule has 0 aromatic carbocycles. The van der Waals surface area contributed by atoms with Crippen molar-refractivity contribution in [2.75, 3.05) is 0 Å². The topological polar surface area (TPSA) is 74.7 Å². The third kappa shape index (κ3) is 11.2. The molecule has 0 saturated heterocycles. The van der Waals surface area contributed by atoms with Crippen molar-refractivity contribution in [3.63, 3.8) is 0 Å². The number of hydrogen-bond acceptors (Lipinski definition) is 7. The maximum Gasteiger partial charge on any atom is 0.309 e. The van der Waals surface area contributed by atoms with Gasteiger partial charge in [-0.3, -0.25) is 9.59 Å². The molecule has 0 aliphatic carbocycles. The number of ketones is 1. The highest BCUT2D eigenvalue weighted by Gasteiger charge is 2.50. The van der Waals surface area contributed by atoms with Crippen LogP contribution in [0.5, 0.6) is 0 Å². The summed E-state index contributed by atoms with van der Waals surface area (Å²) in [7, 11) is -4.63. The Kier molecular flexibility index (Phi) is 14.3. The van der Waals surface area contributed by atoms with Crippen LogP contribution in [0.1, 0.15) is 113 Å². The van der Waals surface area contributed by atoms with Gasteiger partial charge in [0.05, 0.1) is 29.3 Å². The van der Waals surface area contributed by atoms with Crippen LogP contribution in [-0.4, -0.2) is 51.7 Å². The number of cyclic esters (lactones) is 1. The molecule has 1 aliphatic rings. The number of rotatable bonds is 6. The summed E-state index contributed by atoms with van der Waals surface area (Å²) in [5, 5.41) is 2.89. The summed E-state index contributed by atoms with van der Waals surface area (Å²) in [5.74, 6) is -0.710. The summed E-state index contributed by atoms with van der Waals surface area (Å²) in [4.78, 5) is 33.4. The summed E-state index contributed by atoms with van der Waals surface area (Å²) in [5.41, 5.74) is 1.97. The Morgan fingerprint density at radius 1 is 0.979 bits per heavy atom. The molecule has 0 fully saturated rings. The molecule has 5 atom stereocenters. The summed E-state index contributed by atoms with van der Waals surface area (Å²) in [6.45, 7) is 36.2. The highest BCUT2D eigenvalue weighted by molar-refractivity contribution is 7.09. The first kappa shape index (κ1) is 42.5. The van der Waals surface area contributed by atoms with Gasteiger partial charge in [-0.25, -0.2) is 4.98 Å². The standard InChI is InChI=1S/C39H67NO5SSi2/c1-26-20-18-19-21-27(2)35(45-48(16,17)38(9,10)11)29(4)36(42)39(12,13)33(44-47(14,15)37(6,7)8)24-34(41)43-32(22-26)28(3)23-31-25-46-30(5)40-31/h19-21,23,25,27,29,32-33,35H,18,22,24H2,1-17H3/b21-19+,26-20-,28-23+/t27-,29+,32-,33-,35?/m0/s1. The van der Waals surface area contributed by atoms with Gasteiger partial charge in [0, 0.05) is 23.1 Å². The molecule has 2 rings (SSSR count). The molecular formula is C39H67NO5SSi2. The predicted molar refractivity (Wildman–Crippen MR) is 208 cm³/mol. The van der Waals surface area contributed by atoms with Gasteiger partial charge in [-0.05, 0) is 81.0 Å². The monoisotopic (exact) mass is 717 g/mol.